The molecule has 0 bridgehead atoms. The van der Waals surface area contributed by atoms with E-state index in [9.17, 15) is 4.79 Å². The lowest BCUT2D eigenvalue weighted by atomic mass is 9.99. The highest BCUT2D eigenvalue weighted by Gasteiger charge is 2.32. The van der Waals surface area contributed by atoms with Crippen LogP contribution in [-0.2, 0) is 31.0 Å². The number of nitrogens with one attached hydrogen (secondary N) is 1. The van der Waals surface area contributed by atoms with Crippen molar-refractivity contribution in [2.75, 3.05) is 6.61 Å². The Balaban J connectivity index is 1.37. The van der Waals surface area contributed by atoms with E-state index in [2.05, 4.69) is 17.1 Å². The van der Waals surface area contributed by atoms with Crippen LogP contribution in [-0.4, -0.2) is 22.5 Å². The molecule has 7 rings (SSSR count). The zero-order valence-electron chi connectivity index (χ0n) is 24.0. The standard InChI is InChI=1S/C37H30N2O5/c40-37(44-24-27-14-8-3-9-15-27)32-34(42-22-25-10-4-1-5-11-25)35-33(39-36(32)43-23-26-12-6-2-7-13-26)30-20-29-16-18-38-31(29)21-28(30)17-19-41-35/h1-16,18,20-21,38H,17,19,22-24H2. The number of carbonyl (C=O) groups excluding carboxylic acids is 1. The Morgan fingerprint density at radius 1 is 0.773 bits per heavy atom. The van der Waals surface area contributed by atoms with Gasteiger partial charge in [-0.3, -0.25) is 0 Å². The molecular weight excluding hydrogens is 552 g/mol. The molecule has 0 spiro atoms. The zero-order valence-corrected chi connectivity index (χ0v) is 24.0. The topological polar surface area (TPSA) is 82.7 Å². The van der Waals surface area contributed by atoms with E-state index >= 15 is 0 Å². The first-order valence-corrected chi connectivity index (χ1v) is 14.6. The number of carbonyl (C=O) groups is 1. The molecule has 1 N–H and O–H groups in total. The van der Waals surface area contributed by atoms with Gasteiger partial charge in [-0.2, -0.15) is 0 Å². The normalized spacial score (nSPS) is 12.0. The molecule has 3 heterocycles. The van der Waals surface area contributed by atoms with Crippen molar-refractivity contribution in [3.05, 3.63) is 143 Å². The number of pyridine rings is 1. The number of rotatable bonds is 9. The molecule has 7 heteroatoms. The number of fused-ring (bicyclic) bond motifs is 4. The maximum Gasteiger partial charge on any atom is 0.348 e. The molecule has 1 aliphatic rings. The fourth-order valence-corrected chi connectivity index (χ4v) is 5.35. The first kappa shape index (κ1) is 27.3. The lowest BCUT2D eigenvalue weighted by molar-refractivity contribution is 0.0459. The highest BCUT2D eigenvalue weighted by Crippen LogP contribution is 2.47. The maximum absolute atomic E-state index is 14.0. The van der Waals surface area contributed by atoms with Crippen LogP contribution < -0.4 is 14.2 Å². The van der Waals surface area contributed by atoms with Crippen LogP contribution in [0.25, 0.3) is 22.2 Å². The van der Waals surface area contributed by atoms with Gasteiger partial charge in [-0.25, -0.2) is 9.78 Å². The van der Waals surface area contributed by atoms with Crippen LogP contribution in [0.15, 0.2) is 115 Å². The van der Waals surface area contributed by atoms with Crippen LogP contribution in [0.3, 0.4) is 0 Å². The number of esters is 1. The van der Waals surface area contributed by atoms with Crippen LogP contribution in [0.2, 0.25) is 0 Å². The first-order valence-electron chi connectivity index (χ1n) is 14.6. The summed E-state index contributed by atoms with van der Waals surface area (Å²) in [4.78, 5) is 22.2. The zero-order chi connectivity index (χ0) is 29.7. The Morgan fingerprint density at radius 2 is 1.41 bits per heavy atom. The van der Waals surface area contributed by atoms with Crippen LogP contribution >= 0.6 is 0 Å². The fourth-order valence-electron chi connectivity index (χ4n) is 5.35. The lowest BCUT2D eigenvalue weighted by Gasteiger charge is -2.20. The van der Waals surface area contributed by atoms with Crippen LogP contribution in [0.5, 0.6) is 17.4 Å². The van der Waals surface area contributed by atoms with Gasteiger partial charge in [-0.1, -0.05) is 91.0 Å². The monoisotopic (exact) mass is 582 g/mol. The SMILES string of the molecule is O=C(OCc1ccccc1)c1c(OCc2ccccc2)nc2c(c1OCc1ccccc1)OCCc1cc3[nH]ccc3cc1-2. The summed E-state index contributed by atoms with van der Waals surface area (Å²) in [5, 5.41) is 1.04. The molecular formula is C37H30N2O5. The second kappa shape index (κ2) is 12.4. The van der Waals surface area contributed by atoms with Gasteiger partial charge in [-0.05, 0) is 40.5 Å². The molecule has 0 saturated heterocycles. The van der Waals surface area contributed by atoms with Crippen molar-refractivity contribution < 1.29 is 23.7 Å². The van der Waals surface area contributed by atoms with Crippen molar-refractivity contribution in [2.24, 2.45) is 0 Å². The van der Waals surface area contributed by atoms with Crippen molar-refractivity contribution in [1.29, 1.82) is 0 Å². The minimum atomic E-state index is -0.607. The highest BCUT2D eigenvalue weighted by atomic mass is 16.5. The predicted molar refractivity (Wildman–Crippen MR) is 168 cm³/mol. The number of nitrogens with zero attached hydrogens (tertiary/aromatic N) is 1. The molecule has 44 heavy (non-hydrogen) atoms. The quantitative estimate of drug-likeness (QED) is 0.176. The average molecular weight is 583 g/mol. The lowest BCUT2D eigenvalue weighted by Crippen LogP contribution is -2.14. The van der Waals surface area contributed by atoms with Gasteiger partial charge >= 0.3 is 5.97 Å². The van der Waals surface area contributed by atoms with Crippen molar-refractivity contribution >= 4 is 16.9 Å². The molecule has 0 saturated carbocycles. The Morgan fingerprint density at radius 3 is 2.09 bits per heavy atom. The number of H-pyrrole nitrogens is 1. The van der Waals surface area contributed by atoms with Crippen LogP contribution in [0.4, 0.5) is 0 Å². The number of aromatic nitrogens is 2. The van der Waals surface area contributed by atoms with E-state index in [0.717, 1.165) is 38.7 Å². The molecule has 1 aliphatic heterocycles. The summed E-state index contributed by atoms with van der Waals surface area (Å²) in [7, 11) is 0. The summed E-state index contributed by atoms with van der Waals surface area (Å²) in [6.07, 6.45) is 2.58. The minimum Gasteiger partial charge on any atom is -0.487 e. The molecule has 0 radical (unpaired) electrons. The summed E-state index contributed by atoms with van der Waals surface area (Å²) in [5.41, 5.74) is 6.42. The van der Waals surface area contributed by atoms with Gasteiger partial charge in [0.15, 0.2) is 17.1 Å². The predicted octanol–water partition coefficient (Wildman–Crippen LogP) is 7.68. The second-order valence-corrected chi connectivity index (χ2v) is 10.6. The van der Waals surface area contributed by atoms with E-state index in [0.29, 0.717) is 24.5 Å². The van der Waals surface area contributed by atoms with Crippen molar-refractivity contribution in [2.45, 2.75) is 26.2 Å². The molecule has 0 aliphatic carbocycles. The van der Waals surface area contributed by atoms with Crippen molar-refractivity contribution in [3.63, 3.8) is 0 Å². The van der Waals surface area contributed by atoms with Gasteiger partial charge in [-0.15, -0.1) is 0 Å². The van der Waals surface area contributed by atoms with Crippen LogP contribution in [0.1, 0.15) is 32.6 Å². The summed E-state index contributed by atoms with van der Waals surface area (Å²) in [6.45, 7) is 0.885. The van der Waals surface area contributed by atoms with Gasteiger partial charge in [0.1, 0.15) is 25.5 Å². The molecule has 0 atom stereocenters. The minimum absolute atomic E-state index is 0.0855. The highest BCUT2D eigenvalue weighted by molar-refractivity contribution is 5.98. The van der Waals surface area contributed by atoms with Crippen LogP contribution in [0, 0.1) is 0 Å². The van der Waals surface area contributed by atoms with E-state index < -0.39 is 5.97 Å². The molecule has 6 aromatic rings. The molecule has 218 valence electrons. The number of hydrogen-bond acceptors (Lipinski definition) is 6. The van der Waals surface area contributed by atoms with E-state index in [1.54, 1.807) is 0 Å². The summed E-state index contributed by atoms with van der Waals surface area (Å²) >= 11 is 0. The summed E-state index contributed by atoms with van der Waals surface area (Å²) in [6, 6.07) is 35.3. The number of hydrogen-bond donors (Lipinski definition) is 1. The third kappa shape index (κ3) is 5.72. The number of benzene rings is 4. The largest absolute Gasteiger partial charge is 0.487 e. The molecule has 2 aromatic heterocycles. The van der Waals surface area contributed by atoms with Gasteiger partial charge in [0.05, 0.1) is 6.61 Å². The summed E-state index contributed by atoms with van der Waals surface area (Å²) in [5.74, 6) is 0.166. The fraction of sp³-hybridized carbons (Fsp3) is 0.135. The second-order valence-electron chi connectivity index (χ2n) is 10.6. The molecule has 0 unspecified atom stereocenters. The molecule has 0 fully saturated rings. The van der Waals surface area contributed by atoms with Gasteiger partial charge in [0.2, 0.25) is 5.88 Å². The van der Waals surface area contributed by atoms with E-state index in [1.807, 2.05) is 103 Å². The van der Waals surface area contributed by atoms with Gasteiger partial charge in [0, 0.05) is 29.1 Å². The summed E-state index contributed by atoms with van der Waals surface area (Å²) < 4.78 is 25.0. The number of aromatic amines is 1. The third-order valence-electron chi connectivity index (χ3n) is 7.59. The molecule has 0 amide bonds. The van der Waals surface area contributed by atoms with Gasteiger partial charge in [0.25, 0.3) is 0 Å². The average Bonchev–Trinajstić information content (AvgIpc) is 3.46. The Kier molecular flexibility index (Phi) is 7.66. The van der Waals surface area contributed by atoms with E-state index in [-0.39, 0.29) is 37.0 Å². The van der Waals surface area contributed by atoms with E-state index in [1.165, 1.54) is 0 Å². The first-order chi connectivity index (χ1) is 21.7. The maximum atomic E-state index is 14.0. The van der Waals surface area contributed by atoms with Crippen molar-refractivity contribution in [3.8, 4) is 28.6 Å². The van der Waals surface area contributed by atoms with E-state index in [4.69, 9.17) is 23.9 Å². The Bertz CT molecular complexity index is 1900. The number of ether oxygens (including phenoxy) is 4. The Hall–Kier alpha value is -5.56. The van der Waals surface area contributed by atoms with Crippen molar-refractivity contribution in [1.82, 2.24) is 9.97 Å². The third-order valence-corrected chi connectivity index (χ3v) is 7.59. The Labute approximate surface area is 255 Å². The molecule has 4 aromatic carbocycles. The molecule has 7 nitrogen and oxygen atoms in total. The smallest absolute Gasteiger partial charge is 0.348 e. The van der Waals surface area contributed by atoms with Gasteiger partial charge < -0.3 is 23.9 Å².